The van der Waals surface area contributed by atoms with Gasteiger partial charge in [-0.2, -0.15) is 0 Å². The quantitative estimate of drug-likeness (QED) is 0.448. The Labute approximate surface area is 170 Å². The second-order valence-corrected chi connectivity index (χ2v) is 8.81. The zero-order valence-electron chi connectivity index (χ0n) is 15.9. The van der Waals surface area contributed by atoms with Crippen LogP contribution in [0.1, 0.15) is 52.4 Å². The Morgan fingerprint density at radius 1 is 1.26 bits per heavy atom. The largest absolute Gasteiger partial charge is 0.352 e. The molecule has 0 bridgehead atoms. The smallest absolute Gasteiger partial charge is 0.233 e. The lowest BCUT2D eigenvalue weighted by molar-refractivity contribution is -0.120. The van der Waals surface area contributed by atoms with E-state index < -0.39 is 0 Å². The lowest BCUT2D eigenvalue weighted by atomic mass is 10.2. The number of halogens is 1. The standard InChI is InChI=1S/C20H27ClN4OS/c1-3-4-5-6-13-25-18(15-7-9-16(21)10-8-15)23-24-20(25)27-14(2)19(26)22-17-11-12-17/h7-10,14,17H,3-6,11-13H2,1-2H3,(H,22,26)/t14-/m1/s1. The van der Waals surface area contributed by atoms with E-state index in [1.165, 1.54) is 31.0 Å². The molecule has 27 heavy (non-hydrogen) atoms. The Morgan fingerprint density at radius 2 is 2.00 bits per heavy atom. The summed E-state index contributed by atoms with van der Waals surface area (Å²) in [5.74, 6) is 0.913. The maximum atomic E-state index is 12.3. The number of unbranched alkanes of at least 4 members (excludes halogenated alkanes) is 3. The highest BCUT2D eigenvalue weighted by molar-refractivity contribution is 8.00. The van der Waals surface area contributed by atoms with Gasteiger partial charge in [-0.25, -0.2) is 0 Å². The second kappa shape index (κ2) is 9.60. The molecule has 1 saturated carbocycles. The molecule has 1 amide bonds. The predicted octanol–water partition coefficient (Wildman–Crippen LogP) is 4.94. The monoisotopic (exact) mass is 406 g/mol. The number of hydrogen-bond acceptors (Lipinski definition) is 4. The van der Waals surface area contributed by atoms with Gasteiger partial charge in [-0.1, -0.05) is 49.5 Å². The molecule has 0 radical (unpaired) electrons. The first kappa shape index (κ1) is 20.2. The van der Waals surface area contributed by atoms with Gasteiger partial charge in [0.2, 0.25) is 5.91 Å². The number of carbonyl (C=O) groups is 1. The van der Waals surface area contributed by atoms with Crippen molar-refractivity contribution in [3.63, 3.8) is 0 Å². The van der Waals surface area contributed by atoms with Crippen LogP contribution in [0.5, 0.6) is 0 Å². The van der Waals surface area contributed by atoms with Crippen molar-refractivity contribution in [2.75, 3.05) is 0 Å². The summed E-state index contributed by atoms with van der Waals surface area (Å²) < 4.78 is 2.14. The summed E-state index contributed by atoms with van der Waals surface area (Å²) in [7, 11) is 0. The van der Waals surface area contributed by atoms with E-state index in [2.05, 4.69) is 27.0 Å². The molecular weight excluding hydrogens is 380 g/mol. The minimum absolute atomic E-state index is 0.0797. The van der Waals surface area contributed by atoms with Crippen molar-refractivity contribution in [2.45, 2.75) is 75.4 Å². The number of thioether (sulfide) groups is 1. The first-order valence-corrected chi connectivity index (χ1v) is 11.0. The van der Waals surface area contributed by atoms with Crippen LogP contribution in [0.15, 0.2) is 29.4 Å². The zero-order valence-corrected chi connectivity index (χ0v) is 17.5. The van der Waals surface area contributed by atoms with Crippen LogP contribution < -0.4 is 5.32 Å². The van der Waals surface area contributed by atoms with Crippen LogP contribution in [-0.2, 0) is 11.3 Å². The molecule has 1 aliphatic carbocycles. The number of rotatable bonds is 10. The van der Waals surface area contributed by atoms with E-state index in [9.17, 15) is 4.79 Å². The second-order valence-electron chi connectivity index (χ2n) is 7.07. The first-order chi connectivity index (χ1) is 13.1. The molecule has 1 aromatic carbocycles. The van der Waals surface area contributed by atoms with Crippen molar-refractivity contribution in [3.8, 4) is 11.4 Å². The Morgan fingerprint density at radius 3 is 2.67 bits per heavy atom. The van der Waals surface area contributed by atoms with E-state index >= 15 is 0 Å². The third-order valence-corrected chi connectivity index (χ3v) is 5.96. The third-order valence-electron chi connectivity index (χ3n) is 4.63. The van der Waals surface area contributed by atoms with Crippen LogP contribution in [0.4, 0.5) is 0 Å². The fourth-order valence-corrected chi connectivity index (χ4v) is 3.85. The van der Waals surface area contributed by atoms with Gasteiger partial charge in [-0.3, -0.25) is 4.79 Å². The molecule has 5 nitrogen and oxygen atoms in total. The molecule has 3 rings (SSSR count). The Kier molecular flexibility index (Phi) is 7.19. The van der Waals surface area contributed by atoms with E-state index in [0.29, 0.717) is 11.1 Å². The maximum Gasteiger partial charge on any atom is 0.233 e. The summed E-state index contributed by atoms with van der Waals surface area (Å²) in [4.78, 5) is 12.3. The fraction of sp³-hybridized carbons (Fsp3) is 0.550. The lowest BCUT2D eigenvalue weighted by Crippen LogP contribution is -2.32. The Hall–Kier alpha value is -1.53. The summed E-state index contributed by atoms with van der Waals surface area (Å²) in [5.41, 5.74) is 0.990. The van der Waals surface area contributed by atoms with Crippen molar-refractivity contribution in [1.29, 1.82) is 0 Å². The van der Waals surface area contributed by atoms with Crippen molar-refractivity contribution in [2.24, 2.45) is 0 Å². The number of carbonyl (C=O) groups excluding carboxylic acids is 1. The Balaban J connectivity index is 1.76. The number of nitrogens with zero attached hydrogens (tertiary/aromatic N) is 3. The molecule has 0 saturated heterocycles. The molecule has 1 heterocycles. The van der Waals surface area contributed by atoms with Crippen LogP contribution in [0.2, 0.25) is 5.02 Å². The molecule has 0 spiro atoms. The maximum absolute atomic E-state index is 12.3. The molecule has 146 valence electrons. The SMILES string of the molecule is CCCCCCn1c(S[C@H](C)C(=O)NC2CC2)nnc1-c1ccc(Cl)cc1. The molecule has 1 aromatic heterocycles. The summed E-state index contributed by atoms with van der Waals surface area (Å²) in [6, 6.07) is 8.04. The molecule has 0 aliphatic heterocycles. The average Bonchev–Trinajstić information content (AvgIpc) is 3.39. The normalized spacial score (nSPS) is 14.9. The summed E-state index contributed by atoms with van der Waals surface area (Å²) >= 11 is 7.50. The van der Waals surface area contributed by atoms with Gasteiger partial charge in [0.15, 0.2) is 11.0 Å². The topological polar surface area (TPSA) is 59.8 Å². The van der Waals surface area contributed by atoms with Gasteiger partial charge >= 0.3 is 0 Å². The van der Waals surface area contributed by atoms with Gasteiger partial charge in [0.25, 0.3) is 0 Å². The molecular formula is C20H27ClN4OS. The molecule has 1 N–H and O–H groups in total. The van der Waals surface area contributed by atoms with Gasteiger partial charge in [-0.15, -0.1) is 10.2 Å². The van der Waals surface area contributed by atoms with E-state index in [1.807, 2.05) is 31.2 Å². The van der Waals surface area contributed by atoms with Crippen molar-refractivity contribution in [3.05, 3.63) is 29.3 Å². The minimum atomic E-state index is -0.192. The molecule has 2 aromatic rings. The zero-order chi connectivity index (χ0) is 19.2. The van der Waals surface area contributed by atoms with Gasteiger partial charge in [-0.05, 0) is 50.5 Å². The van der Waals surface area contributed by atoms with Crippen molar-refractivity contribution < 1.29 is 4.79 Å². The van der Waals surface area contributed by atoms with Crippen LogP contribution in [-0.4, -0.2) is 32.0 Å². The highest BCUT2D eigenvalue weighted by atomic mass is 35.5. The first-order valence-electron chi connectivity index (χ1n) is 9.74. The number of hydrogen-bond donors (Lipinski definition) is 1. The molecule has 7 heteroatoms. The average molecular weight is 407 g/mol. The highest BCUT2D eigenvalue weighted by Gasteiger charge is 2.27. The predicted molar refractivity (Wildman–Crippen MR) is 111 cm³/mol. The Bertz CT molecular complexity index is 758. The highest BCUT2D eigenvalue weighted by Crippen LogP contribution is 2.29. The van der Waals surface area contributed by atoms with E-state index in [1.54, 1.807) is 0 Å². The molecule has 1 atom stereocenters. The van der Waals surface area contributed by atoms with Gasteiger partial charge in [0.05, 0.1) is 5.25 Å². The van der Waals surface area contributed by atoms with Crippen LogP contribution >= 0.6 is 23.4 Å². The van der Waals surface area contributed by atoms with Crippen LogP contribution in [0.25, 0.3) is 11.4 Å². The lowest BCUT2D eigenvalue weighted by Gasteiger charge is -2.13. The minimum Gasteiger partial charge on any atom is -0.352 e. The molecule has 0 unspecified atom stereocenters. The van der Waals surface area contributed by atoms with E-state index in [4.69, 9.17) is 11.6 Å². The third kappa shape index (κ3) is 5.72. The molecule has 1 aliphatic rings. The number of amides is 1. The number of benzene rings is 1. The van der Waals surface area contributed by atoms with Crippen LogP contribution in [0.3, 0.4) is 0 Å². The van der Waals surface area contributed by atoms with E-state index in [-0.39, 0.29) is 11.2 Å². The van der Waals surface area contributed by atoms with Gasteiger partial charge in [0.1, 0.15) is 0 Å². The summed E-state index contributed by atoms with van der Waals surface area (Å²) in [6.07, 6.45) is 6.86. The number of aromatic nitrogens is 3. The summed E-state index contributed by atoms with van der Waals surface area (Å²) in [6.45, 7) is 4.99. The van der Waals surface area contributed by atoms with Gasteiger partial charge < -0.3 is 9.88 Å². The molecule has 1 fully saturated rings. The van der Waals surface area contributed by atoms with Crippen LogP contribution in [0, 0.1) is 0 Å². The van der Waals surface area contributed by atoms with Crippen molar-refractivity contribution >= 4 is 29.3 Å². The van der Waals surface area contributed by atoms with Crippen molar-refractivity contribution in [1.82, 2.24) is 20.1 Å². The fourth-order valence-electron chi connectivity index (χ4n) is 2.84. The van der Waals surface area contributed by atoms with E-state index in [0.717, 1.165) is 42.4 Å². The summed E-state index contributed by atoms with van der Waals surface area (Å²) in [5, 5.41) is 13.2. The number of nitrogens with one attached hydrogen (secondary N) is 1. The van der Waals surface area contributed by atoms with Gasteiger partial charge in [0, 0.05) is 23.2 Å².